The summed E-state index contributed by atoms with van der Waals surface area (Å²) in [6.07, 6.45) is 0.368. The lowest BCUT2D eigenvalue weighted by molar-refractivity contribution is -0.148. The van der Waals surface area contributed by atoms with Crippen LogP contribution in [0.3, 0.4) is 0 Å². The molecule has 1 unspecified atom stereocenters. The number of ether oxygens (including phenoxy) is 2. The van der Waals surface area contributed by atoms with Crippen LogP contribution in [0.4, 0.5) is 5.69 Å². The fraction of sp³-hybridized carbons (Fsp3) is 0.391. The molecular formula is C23H26N2O6. The Morgan fingerprint density at radius 2 is 1.84 bits per heavy atom. The van der Waals surface area contributed by atoms with Gasteiger partial charge in [0.15, 0.2) is 18.5 Å². The number of Topliss-reactive ketones (excluding diaryl/α,β-unsaturated/α-hetero) is 2. The summed E-state index contributed by atoms with van der Waals surface area (Å²) >= 11 is 0. The van der Waals surface area contributed by atoms with E-state index in [0.717, 1.165) is 12.1 Å². The molecule has 0 saturated carbocycles. The van der Waals surface area contributed by atoms with E-state index in [4.69, 9.17) is 9.47 Å². The Morgan fingerprint density at radius 3 is 2.39 bits per heavy atom. The van der Waals surface area contributed by atoms with Crippen molar-refractivity contribution in [1.82, 2.24) is 4.98 Å². The number of benzene rings is 1. The van der Waals surface area contributed by atoms with Crippen LogP contribution in [0.1, 0.15) is 58.8 Å². The number of aromatic amines is 1. The van der Waals surface area contributed by atoms with Crippen LogP contribution in [-0.4, -0.2) is 47.7 Å². The van der Waals surface area contributed by atoms with E-state index < -0.39 is 17.9 Å². The van der Waals surface area contributed by atoms with Crippen molar-refractivity contribution < 1.29 is 28.7 Å². The molecule has 1 aliphatic rings. The molecule has 3 rings (SSSR count). The smallest absolute Gasteiger partial charge is 0.344 e. The van der Waals surface area contributed by atoms with Gasteiger partial charge in [-0.1, -0.05) is 0 Å². The van der Waals surface area contributed by atoms with Crippen LogP contribution in [-0.2, 0) is 14.3 Å². The molecule has 0 aliphatic carbocycles. The van der Waals surface area contributed by atoms with Crippen LogP contribution >= 0.6 is 0 Å². The first-order valence-corrected chi connectivity index (χ1v) is 10.2. The molecule has 1 atom stereocenters. The van der Waals surface area contributed by atoms with Gasteiger partial charge in [0.1, 0.15) is 5.75 Å². The second-order valence-electron chi connectivity index (χ2n) is 7.61. The van der Waals surface area contributed by atoms with E-state index in [1.807, 2.05) is 0 Å². The van der Waals surface area contributed by atoms with Gasteiger partial charge in [0.2, 0.25) is 11.7 Å². The number of hydrogen-bond acceptors (Lipinski definition) is 6. The molecule has 1 aromatic heterocycles. The number of carbonyl (C=O) groups is 4. The summed E-state index contributed by atoms with van der Waals surface area (Å²) in [6.45, 7) is 6.66. The van der Waals surface area contributed by atoms with E-state index in [0.29, 0.717) is 35.5 Å². The fourth-order valence-corrected chi connectivity index (χ4v) is 3.80. The second-order valence-corrected chi connectivity index (χ2v) is 7.61. The van der Waals surface area contributed by atoms with E-state index in [1.165, 1.54) is 13.8 Å². The molecule has 8 heteroatoms. The summed E-state index contributed by atoms with van der Waals surface area (Å²) in [5.41, 5.74) is 2.68. The van der Waals surface area contributed by atoms with Crippen molar-refractivity contribution in [2.24, 2.45) is 0 Å². The third-order valence-corrected chi connectivity index (χ3v) is 5.29. The number of rotatable bonds is 8. The first kappa shape index (κ1) is 22.3. The summed E-state index contributed by atoms with van der Waals surface area (Å²) in [5, 5.41) is 0. The van der Waals surface area contributed by atoms with Crippen LogP contribution in [0.25, 0.3) is 0 Å². The highest BCUT2D eigenvalue weighted by atomic mass is 16.6. The van der Waals surface area contributed by atoms with Gasteiger partial charge in [-0.15, -0.1) is 0 Å². The quantitative estimate of drug-likeness (QED) is 0.513. The summed E-state index contributed by atoms with van der Waals surface area (Å²) < 4.78 is 10.6. The maximum absolute atomic E-state index is 12.7. The standard InChI is InChI=1S/C23H26N2O6/c1-13-21(15(3)26)14(2)24-22(13)23(29)16(4)31-20(28)12-30-18-9-7-17(8-10-18)25-11-5-6-19(25)27/h7-10,16,24H,5-6,11-12H2,1-4H3. The first-order chi connectivity index (χ1) is 14.7. The van der Waals surface area contributed by atoms with Crippen LogP contribution < -0.4 is 9.64 Å². The Balaban J connectivity index is 1.55. The monoisotopic (exact) mass is 426 g/mol. The minimum atomic E-state index is -1.03. The number of anilines is 1. The zero-order valence-electron chi connectivity index (χ0n) is 18.1. The van der Waals surface area contributed by atoms with Gasteiger partial charge in [-0.2, -0.15) is 0 Å². The number of aryl methyl sites for hydroxylation is 1. The third kappa shape index (κ3) is 4.84. The van der Waals surface area contributed by atoms with Gasteiger partial charge >= 0.3 is 5.97 Å². The highest BCUT2D eigenvalue weighted by Crippen LogP contribution is 2.24. The van der Waals surface area contributed by atoms with Gasteiger partial charge in [-0.05, 0) is 63.9 Å². The van der Waals surface area contributed by atoms with Crippen LogP contribution in [0.2, 0.25) is 0 Å². The maximum atomic E-state index is 12.7. The highest BCUT2D eigenvalue weighted by molar-refractivity contribution is 6.05. The van der Waals surface area contributed by atoms with Gasteiger partial charge < -0.3 is 19.4 Å². The number of aromatic nitrogens is 1. The molecule has 164 valence electrons. The van der Waals surface area contributed by atoms with E-state index >= 15 is 0 Å². The van der Waals surface area contributed by atoms with Crippen molar-refractivity contribution in [1.29, 1.82) is 0 Å². The van der Waals surface area contributed by atoms with Gasteiger partial charge in [0.05, 0.1) is 5.69 Å². The van der Waals surface area contributed by atoms with Crippen LogP contribution in [0.5, 0.6) is 5.75 Å². The van der Waals surface area contributed by atoms with Crippen LogP contribution in [0.15, 0.2) is 24.3 Å². The predicted octanol–water partition coefficient (Wildman–Crippen LogP) is 3.15. The van der Waals surface area contributed by atoms with E-state index in [9.17, 15) is 19.2 Å². The number of nitrogens with zero attached hydrogens (tertiary/aromatic N) is 1. The van der Waals surface area contributed by atoms with E-state index in [-0.39, 0.29) is 24.0 Å². The number of nitrogens with one attached hydrogen (secondary N) is 1. The zero-order chi connectivity index (χ0) is 22.7. The molecule has 8 nitrogen and oxygen atoms in total. The van der Waals surface area contributed by atoms with E-state index in [2.05, 4.69) is 4.98 Å². The SMILES string of the molecule is CC(=O)c1c(C)[nH]c(C(=O)C(C)OC(=O)COc2ccc(N3CCCC3=O)cc2)c1C. The highest BCUT2D eigenvalue weighted by Gasteiger charge is 2.26. The average Bonchev–Trinajstić information content (AvgIpc) is 3.28. The minimum absolute atomic E-state index is 0.0961. The number of hydrogen-bond donors (Lipinski definition) is 1. The van der Waals surface area contributed by atoms with Gasteiger partial charge in [0, 0.05) is 29.9 Å². The number of esters is 1. The van der Waals surface area contributed by atoms with E-state index in [1.54, 1.807) is 43.0 Å². The van der Waals surface area contributed by atoms with Crippen molar-refractivity contribution in [3.63, 3.8) is 0 Å². The maximum Gasteiger partial charge on any atom is 0.344 e. The lowest BCUT2D eigenvalue weighted by atomic mass is 10.0. The number of ketones is 2. The van der Waals surface area contributed by atoms with Crippen molar-refractivity contribution in [3.05, 3.63) is 46.8 Å². The Morgan fingerprint density at radius 1 is 1.16 bits per heavy atom. The molecule has 1 aromatic carbocycles. The Hall–Kier alpha value is -3.42. The Bertz CT molecular complexity index is 1020. The molecule has 1 fully saturated rings. The molecular weight excluding hydrogens is 400 g/mol. The molecule has 31 heavy (non-hydrogen) atoms. The Labute approximate surface area is 180 Å². The minimum Gasteiger partial charge on any atom is -0.482 e. The molecule has 1 N–H and O–H groups in total. The summed E-state index contributed by atoms with van der Waals surface area (Å²) in [4.78, 5) is 53.0. The number of carbonyl (C=O) groups excluding carboxylic acids is 4. The van der Waals surface area contributed by atoms with Crippen LogP contribution in [0, 0.1) is 13.8 Å². The fourth-order valence-electron chi connectivity index (χ4n) is 3.80. The number of H-pyrrole nitrogens is 1. The zero-order valence-corrected chi connectivity index (χ0v) is 18.1. The molecule has 2 aromatic rings. The lowest BCUT2D eigenvalue weighted by Gasteiger charge is -2.16. The van der Waals surface area contributed by atoms with Gasteiger partial charge in [-0.3, -0.25) is 14.4 Å². The number of amides is 1. The average molecular weight is 426 g/mol. The lowest BCUT2D eigenvalue weighted by Crippen LogP contribution is -2.28. The molecule has 1 aliphatic heterocycles. The Kier molecular flexibility index (Phi) is 6.58. The first-order valence-electron chi connectivity index (χ1n) is 10.2. The van der Waals surface area contributed by atoms with Gasteiger partial charge in [0.25, 0.3) is 0 Å². The largest absolute Gasteiger partial charge is 0.482 e. The molecule has 0 radical (unpaired) electrons. The summed E-state index contributed by atoms with van der Waals surface area (Å²) in [6, 6.07) is 6.88. The molecule has 1 amide bonds. The topological polar surface area (TPSA) is 106 Å². The third-order valence-electron chi connectivity index (χ3n) is 5.29. The summed E-state index contributed by atoms with van der Waals surface area (Å²) in [5.74, 6) is -0.691. The van der Waals surface area contributed by atoms with Crippen molar-refractivity contribution in [2.75, 3.05) is 18.1 Å². The molecule has 0 spiro atoms. The predicted molar refractivity (Wildman–Crippen MR) is 114 cm³/mol. The molecule has 0 bridgehead atoms. The summed E-state index contributed by atoms with van der Waals surface area (Å²) in [7, 11) is 0. The second kappa shape index (κ2) is 9.16. The molecule has 1 saturated heterocycles. The normalized spacial score (nSPS) is 14.5. The van der Waals surface area contributed by atoms with Crippen molar-refractivity contribution in [2.45, 2.75) is 46.6 Å². The van der Waals surface area contributed by atoms with Gasteiger partial charge in [-0.25, -0.2) is 4.79 Å². The van der Waals surface area contributed by atoms with Crippen molar-refractivity contribution >= 4 is 29.1 Å². The molecule has 2 heterocycles. The van der Waals surface area contributed by atoms with Crippen molar-refractivity contribution in [3.8, 4) is 5.75 Å².